The summed E-state index contributed by atoms with van der Waals surface area (Å²) in [5.41, 5.74) is 4.06. The first-order valence-corrected chi connectivity index (χ1v) is 13.5. The second-order valence-corrected chi connectivity index (χ2v) is 10.3. The fraction of sp³-hybridized carbons (Fsp3) is 0.310. The Morgan fingerprint density at radius 1 is 0.975 bits per heavy atom. The summed E-state index contributed by atoms with van der Waals surface area (Å²) in [4.78, 5) is 49.7. The molecule has 3 aromatic rings. The van der Waals surface area contributed by atoms with E-state index in [1.807, 2.05) is 71.4 Å². The third-order valence-corrected chi connectivity index (χ3v) is 7.71. The number of carbonyl (C=O) groups is 4. The van der Waals surface area contributed by atoms with E-state index in [9.17, 15) is 34.5 Å². The Morgan fingerprint density at radius 3 is 2.20 bits per heavy atom. The smallest absolute Gasteiger partial charge is 0.377 e. The first-order chi connectivity index (χ1) is 19.1. The van der Waals surface area contributed by atoms with Gasteiger partial charge in [0, 0.05) is 12.0 Å². The van der Waals surface area contributed by atoms with Gasteiger partial charge in [-0.15, -0.1) is 0 Å². The lowest BCUT2D eigenvalue weighted by Gasteiger charge is -2.35. The van der Waals surface area contributed by atoms with Gasteiger partial charge in [0.05, 0.1) is 6.61 Å². The molecule has 1 aliphatic heterocycles. The van der Waals surface area contributed by atoms with Gasteiger partial charge in [-0.3, -0.25) is 9.59 Å². The lowest BCUT2D eigenvalue weighted by Crippen LogP contribution is -2.52. The van der Waals surface area contributed by atoms with Crippen LogP contribution in [0.5, 0.6) is 0 Å². The minimum atomic E-state index is -3.04. The van der Waals surface area contributed by atoms with Crippen LogP contribution in [0.2, 0.25) is 0 Å². The zero-order chi connectivity index (χ0) is 28.9. The van der Waals surface area contributed by atoms with Crippen LogP contribution in [0.1, 0.15) is 30.4 Å². The van der Waals surface area contributed by atoms with Crippen molar-refractivity contribution in [3.05, 3.63) is 82.6 Å². The lowest BCUT2D eigenvalue weighted by molar-refractivity contribution is -0.218. The Bertz CT molecular complexity index is 1330. The number of hydrogen-bond acceptors (Lipinski definition) is 7. The fourth-order valence-electron chi connectivity index (χ4n) is 4.87. The SMILES string of the molecule is CC(C(CCc1ccccc1)c1ccc(-c2ccsc2)cc1)N(CC(=O)O)C(=O)C1COC(C(=O)O)(C(=O)O)O1. The van der Waals surface area contributed by atoms with E-state index in [1.54, 1.807) is 18.3 Å². The van der Waals surface area contributed by atoms with Crippen LogP contribution >= 0.6 is 11.3 Å². The molecule has 210 valence electrons. The van der Waals surface area contributed by atoms with Crippen LogP contribution in [0.15, 0.2) is 71.4 Å². The number of rotatable bonds is 12. The predicted octanol–water partition coefficient (Wildman–Crippen LogP) is 3.71. The molecule has 2 heterocycles. The van der Waals surface area contributed by atoms with Crippen molar-refractivity contribution in [2.45, 2.75) is 43.6 Å². The number of carboxylic acids is 3. The molecule has 3 N–H and O–H groups in total. The maximum absolute atomic E-state index is 13.5. The molecule has 0 bridgehead atoms. The monoisotopic (exact) mass is 567 g/mol. The molecule has 1 aliphatic rings. The van der Waals surface area contributed by atoms with Gasteiger partial charge in [0.1, 0.15) is 6.54 Å². The summed E-state index contributed by atoms with van der Waals surface area (Å²) < 4.78 is 10.0. The Kier molecular flexibility index (Phi) is 8.98. The number of aryl methyl sites for hydroxylation is 1. The number of carbonyl (C=O) groups excluding carboxylic acids is 1. The third-order valence-electron chi connectivity index (χ3n) is 7.03. The lowest BCUT2D eigenvalue weighted by atomic mass is 9.85. The average Bonchev–Trinajstić information content (AvgIpc) is 3.64. The predicted molar refractivity (Wildman–Crippen MR) is 145 cm³/mol. The summed E-state index contributed by atoms with van der Waals surface area (Å²) in [5.74, 6) is -9.33. The topological polar surface area (TPSA) is 151 Å². The molecular weight excluding hydrogens is 538 g/mol. The minimum absolute atomic E-state index is 0.314. The summed E-state index contributed by atoms with van der Waals surface area (Å²) in [6.45, 7) is 0.382. The number of ether oxygens (including phenoxy) is 2. The number of benzene rings is 2. The third kappa shape index (κ3) is 6.22. The number of aliphatic carboxylic acids is 3. The highest BCUT2D eigenvalue weighted by atomic mass is 32.1. The Balaban J connectivity index is 1.64. The first-order valence-electron chi connectivity index (χ1n) is 12.6. The van der Waals surface area contributed by atoms with E-state index >= 15 is 0 Å². The van der Waals surface area contributed by atoms with Gasteiger partial charge in [-0.25, -0.2) is 9.59 Å². The van der Waals surface area contributed by atoms with Crippen LogP contribution < -0.4 is 0 Å². The second-order valence-electron chi connectivity index (χ2n) is 9.51. The molecule has 1 fully saturated rings. The van der Waals surface area contributed by atoms with Crippen LogP contribution in [0.4, 0.5) is 0 Å². The molecule has 10 nitrogen and oxygen atoms in total. The van der Waals surface area contributed by atoms with Gasteiger partial charge in [-0.2, -0.15) is 11.3 Å². The number of carboxylic acid groups (broad SMARTS) is 3. The van der Waals surface area contributed by atoms with E-state index in [-0.39, 0.29) is 5.92 Å². The van der Waals surface area contributed by atoms with Gasteiger partial charge in [0.2, 0.25) is 0 Å². The van der Waals surface area contributed by atoms with Crippen molar-refractivity contribution in [1.29, 1.82) is 0 Å². The van der Waals surface area contributed by atoms with Gasteiger partial charge in [-0.05, 0) is 58.8 Å². The fourth-order valence-corrected chi connectivity index (χ4v) is 5.54. The molecule has 0 radical (unpaired) electrons. The molecule has 3 unspecified atom stereocenters. The number of thiophene rings is 1. The van der Waals surface area contributed by atoms with E-state index in [4.69, 9.17) is 9.47 Å². The standard InChI is InChI=1S/C29H29NO9S/c1-18(30(15-25(31)32)26(33)24-16-38-29(39-24,27(34)35)28(36)37)23(12-7-19-5-3-2-4-6-19)21-10-8-20(9-11-21)22-13-14-40-17-22/h2-6,8-11,13-14,17-18,23-24H,7,12,15-16H2,1H3,(H,31,32)(H,34,35)(H,36,37). The van der Waals surface area contributed by atoms with E-state index in [0.29, 0.717) is 12.8 Å². The zero-order valence-corrected chi connectivity index (χ0v) is 22.5. The average molecular weight is 568 g/mol. The molecule has 1 amide bonds. The van der Waals surface area contributed by atoms with Crippen molar-refractivity contribution >= 4 is 35.2 Å². The van der Waals surface area contributed by atoms with Gasteiger partial charge < -0.3 is 29.7 Å². The summed E-state index contributed by atoms with van der Waals surface area (Å²) in [6.07, 6.45) is -0.381. The van der Waals surface area contributed by atoms with E-state index in [2.05, 4.69) is 0 Å². The highest BCUT2D eigenvalue weighted by Crippen LogP contribution is 2.33. The second kappa shape index (κ2) is 12.4. The molecule has 1 aromatic heterocycles. The summed E-state index contributed by atoms with van der Waals surface area (Å²) in [7, 11) is 0. The quantitative estimate of drug-likeness (QED) is 0.278. The maximum atomic E-state index is 13.5. The van der Waals surface area contributed by atoms with Crippen LogP contribution in [0.3, 0.4) is 0 Å². The first kappa shape index (κ1) is 28.9. The van der Waals surface area contributed by atoms with Crippen molar-refractivity contribution < 1.29 is 44.0 Å². The van der Waals surface area contributed by atoms with Gasteiger partial charge in [0.25, 0.3) is 5.91 Å². The molecule has 4 rings (SSSR count). The van der Waals surface area contributed by atoms with Gasteiger partial charge >= 0.3 is 23.7 Å². The van der Waals surface area contributed by atoms with E-state index < -0.39 is 54.9 Å². The van der Waals surface area contributed by atoms with Crippen molar-refractivity contribution in [3.8, 4) is 11.1 Å². The molecular formula is C29H29NO9S. The summed E-state index contributed by atoms with van der Waals surface area (Å²) in [6, 6.07) is 19.0. The Morgan fingerprint density at radius 2 is 1.65 bits per heavy atom. The highest BCUT2D eigenvalue weighted by Gasteiger charge is 2.58. The number of amides is 1. The van der Waals surface area contributed by atoms with Crippen LogP contribution in [0.25, 0.3) is 11.1 Å². The van der Waals surface area contributed by atoms with E-state index in [0.717, 1.165) is 27.2 Å². The van der Waals surface area contributed by atoms with Gasteiger partial charge in [0.15, 0.2) is 6.10 Å². The molecule has 0 aliphatic carbocycles. The maximum Gasteiger partial charge on any atom is 0.377 e. The Hall–Kier alpha value is -4.06. The summed E-state index contributed by atoms with van der Waals surface area (Å²) >= 11 is 1.59. The van der Waals surface area contributed by atoms with Crippen molar-refractivity contribution in [1.82, 2.24) is 4.90 Å². The summed E-state index contributed by atoms with van der Waals surface area (Å²) in [5, 5.41) is 32.4. The number of nitrogens with zero attached hydrogens (tertiary/aromatic N) is 1. The largest absolute Gasteiger partial charge is 0.480 e. The van der Waals surface area contributed by atoms with E-state index in [1.165, 1.54) is 0 Å². The van der Waals surface area contributed by atoms with Gasteiger partial charge in [-0.1, -0.05) is 54.6 Å². The molecule has 11 heteroatoms. The van der Waals surface area contributed by atoms with Crippen LogP contribution in [-0.4, -0.2) is 75.1 Å². The molecule has 1 saturated heterocycles. The van der Waals surface area contributed by atoms with Crippen LogP contribution in [-0.2, 0) is 35.1 Å². The molecule has 40 heavy (non-hydrogen) atoms. The minimum Gasteiger partial charge on any atom is -0.480 e. The zero-order valence-electron chi connectivity index (χ0n) is 21.6. The van der Waals surface area contributed by atoms with Crippen molar-refractivity contribution in [2.75, 3.05) is 13.2 Å². The molecule has 3 atom stereocenters. The Labute approximate surface area is 234 Å². The highest BCUT2D eigenvalue weighted by molar-refractivity contribution is 7.08. The number of hydrogen-bond donors (Lipinski definition) is 3. The molecule has 2 aromatic carbocycles. The molecule has 0 spiro atoms. The normalized spacial score (nSPS) is 17.6. The van der Waals surface area contributed by atoms with Crippen molar-refractivity contribution in [3.63, 3.8) is 0 Å². The molecule has 0 saturated carbocycles. The van der Waals surface area contributed by atoms with Crippen molar-refractivity contribution in [2.24, 2.45) is 0 Å². The van der Waals surface area contributed by atoms with Crippen LogP contribution in [0, 0.1) is 0 Å².